The molecule has 0 unspecified atom stereocenters. The van der Waals surface area contributed by atoms with Crippen LogP contribution in [0.2, 0.25) is 0 Å². The number of carbonyl (C=O) groups is 2. The third-order valence-corrected chi connectivity index (χ3v) is 2.26. The van der Waals surface area contributed by atoms with Gasteiger partial charge in [-0.15, -0.1) is 0 Å². The van der Waals surface area contributed by atoms with E-state index in [2.05, 4.69) is 0 Å². The summed E-state index contributed by atoms with van der Waals surface area (Å²) < 4.78 is 0. The fourth-order valence-corrected chi connectivity index (χ4v) is 1.40. The molecule has 16 heavy (non-hydrogen) atoms. The highest BCUT2D eigenvalue weighted by Crippen LogP contribution is 2.06. The van der Waals surface area contributed by atoms with Gasteiger partial charge < -0.3 is 4.79 Å². The number of aldehydes is 1. The summed E-state index contributed by atoms with van der Waals surface area (Å²) in [5, 5.41) is 0. The normalized spacial score (nSPS) is 10.6. The molecule has 84 valence electrons. The summed E-state index contributed by atoms with van der Waals surface area (Å²) >= 11 is 0. The summed E-state index contributed by atoms with van der Waals surface area (Å²) in [5.41, 5.74) is 1.80. The predicted molar refractivity (Wildman–Crippen MR) is 64.6 cm³/mol. The second-order valence-corrected chi connectivity index (χ2v) is 3.73. The molecular weight excluding hydrogens is 200 g/mol. The molecule has 0 aliphatic rings. The lowest BCUT2D eigenvalue weighted by Crippen LogP contribution is -1.94. The number of rotatable bonds is 6. The molecular formula is C14H16O2. The minimum Gasteiger partial charge on any atom is -0.303 e. The van der Waals surface area contributed by atoms with Crippen molar-refractivity contribution in [3.8, 4) is 0 Å². The van der Waals surface area contributed by atoms with E-state index >= 15 is 0 Å². The molecule has 0 amide bonds. The van der Waals surface area contributed by atoms with Gasteiger partial charge in [0, 0.05) is 12.0 Å². The fourth-order valence-electron chi connectivity index (χ4n) is 1.40. The van der Waals surface area contributed by atoms with Gasteiger partial charge in [-0.05, 0) is 31.9 Å². The van der Waals surface area contributed by atoms with Gasteiger partial charge >= 0.3 is 0 Å². The first-order valence-electron chi connectivity index (χ1n) is 5.45. The van der Waals surface area contributed by atoms with E-state index in [1.807, 2.05) is 37.3 Å². The summed E-state index contributed by atoms with van der Waals surface area (Å²) in [6, 6.07) is 7.52. The van der Waals surface area contributed by atoms with Crippen LogP contribution in [0.3, 0.4) is 0 Å². The molecule has 1 aromatic rings. The summed E-state index contributed by atoms with van der Waals surface area (Å²) in [7, 11) is 0. The molecule has 0 aromatic heterocycles. The third-order valence-electron chi connectivity index (χ3n) is 2.26. The molecule has 0 atom stereocenters. The number of hydrogen-bond acceptors (Lipinski definition) is 2. The maximum absolute atomic E-state index is 11.7. The van der Waals surface area contributed by atoms with Crippen molar-refractivity contribution in [2.45, 2.75) is 26.2 Å². The highest BCUT2D eigenvalue weighted by Gasteiger charge is 2.00. The molecule has 0 fully saturated rings. The molecule has 0 aliphatic carbocycles. The quantitative estimate of drug-likeness (QED) is 0.317. The Hall–Kier alpha value is -1.70. The summed E-state index contributed by atoms with van der Waals surface area (Å²) in [5.74, 6) is 0.0230. The fraction of sp³-hybridized carbons (Fsp3) is 0.286. The number of aryl methyl sites for hydroxylation is 1. The number of ketones is 1. The SMILES string of the molecule is Cc1cccc(C(=O)/C=C/CCCC=O)c1. The molecule has 0 saturated carbocycles. The van der Waals surface area contributed by atoms with E-state index in [1.54, 1.807) is 6.08 Å². The predicted octanol–water partition coefficient (Wildman–Crippen LogP) is 3.10. The van der Waals surface area contributed by atoms with Crippen LogP contribution in [0.15, 0.2) is 36.4 Å². The minimum absolute atomic E-state index is 0.0230. The highest BCUT2D eigenvalue weighted by atomic mass is 16.1. The van der Waals surface area contributed by atoms with Crippen LogP contribution >= 0.6 is 0 Å². The van der Waals surface area contributed by atoms with Crippen LogP contribution in [0, 0.1) is 6.92 Å². The smallest absolute Gasteiger partial charge is 0.185 e. The van der Waals surface area contributed by atoms with Gasteiger partial charge in [0.25, 0.3) is 0 Å². The maximum atomic E-state index is 11.7. The lowest BCUT2D eigenvalue weighted by Gasteiger charge is -1.97. The Bertz CT molecular complexity index is 391. The van der Waals surface area contributed by atoms with Crippen molar-refractivity contribution < 1.29 is 9.59 Å². The van der Waals surface area contributed by atoms with Gasteiger partial charge in [0.15, 0.2) is 5.78 Å². The lowest BCUT2D eigenvalue weighted by molar-refractivity contribution is -0.107. The van der Waals surface area contributed by atoms with Crippen molar-refractivity contribution in [1.29, 1.82) is 0 Å². The second-order valence-electron chi connectivity index (χ2n) is 3.73. The van der Waals surface area contributed by atoms with Gasteiger partial charge in [-0.1, -0.05) is 29.8 Å². The summed E-state index contributed by atoms with van der Waals surface area (Å²) in [6.07, 6.45) is 6.45. The van der Waals surface area contributed by atoms with Gasteiger partial charge in [0.05, 0.1) is 0 Å². The first-order valence-corrected chi connectivity index (χ1v) is 5.45. The lowest BCUT2D eigenvalue weighted by atomic mass is 10.1. The van der Waals surface area contributed by atoms with E-state index in [4.69, 9.17) is 0 Å². The number of carbonyl (C=O) groups excluding carboxylic acids is 2. The van der Waals surface area contributed by atoms with Gasteiger partial charge in [-0.2, -0.15) is 0 Å². The first kappa shape index (κ1) is 12.4. The molecule has 2 heteroatoms. The van der Waals surface area contributed by atoms with Gasteiger partial charge in [-0.25, -0.2) is 0 Å². The zero-order chi connectivity index (χ0) is 11.8. The molecule has 0 heterocycles. The van der Waals surface area contributed by atoms with Gasteiger partial charge in [0.1, 0.15) is 6.29 Å². The topological polar surface area (TPSA) is 34.1 Å². The standard InChI is InChI=1S/C14H16O2/c1-12-7-6-8-13(11-12)14(16)9-4-2-3-5-10-15/h4,6-11H,2-3,5H2,1H3/b9-4+. The van der Waals surface area contributed by atoms with Gasteiger partial charge in [-0.3, -0.25) is 4.79 Å². The number of hydrogen-bond donors (Lipinski definition) is 0. The first-order chi connectivity index (χ1) is 7.74. The highest BCUT2D eigenvalue weighted by molar-refractivity contribution is 6.04. The third kappa shape index (κ3) is 4.22. The van der Waals surface area contributed by atoms with Crippen LogP contribution in [-0.4, -0.2) is 12.1 Å². The largest absolute Gasteiger partial charge is 0.303 e. The van der Waals surface area contributed by atoms with E-state index < -0.39 is 0 Å². The minimum atomic E-state index is 0.0230. The number of allylic oxidation sites excluding steroid dienone is 2. The average Bonchev–Trinajstić information content (AvgIpc) is 2.28. The van der Waals surface area contributed by atoms with Crippen molar-refractivity contribution >= 4 is 12.1 Å². The number of unbranched alkanes of at least 4 members (excludes halogenated alkanes) is 2. The van der Waals surface area contributed by atoms with Crippen molar-refractivity contribution in [3.05, 3.63) is 47.5 Å². The Morgan fingerprint density at radius 3 is 2.81 bits per heavy atom. The molecule has 0 bridgehead atoms. The molecule has 0 saturated heterocycles. The zero-order valence-corrected chi connectivity index (χ0v) is 9.48. The zero-order valence-electron chi connectivity index (χ0n) is 9.48. The Morgan fingerprint density at radius 2 is 2.12 bits per heavy atom. The monoisotopic (exact) mass is 216 g/mol. The van der Waals surface area contributed by atoms with Crippen LogP contribution in [0.25, 0.3) is 0 Å². The Kier molecular flexibility index (Phi) is 5.20. The molecule has 0 N–H and O–H groups in total. The summed E-state index contributed by atoms with van der Waals surface area (Å²) in [6.45, 7) is 1.96. The van der Waals surface area contributed by atoms with Gasteiger partial charge in [0.2, 0.25) is 0 Å². The van der Waals surface area contributed by atoms with E-state index in [0.29, 0.717) is 12.0 Å². The van der Waals surface area contributed by atoms with E-state index in [-0.39, 0.29) is 5.78 Å². The van der Waals surface area contributed by atoms with E-state index in [0.717, 1.165) is 24.7 Å². The van der Waals surface area contributed by atoms with Crippen LogP contribution < -0.4 is 0 Å². The maximum Gasteiger partial charge on any atom is 0.185 e. The molecule has 1 rings (SSSR count). The van der Waals surface area contributed by atoms with Crippen molar-refractivity contribution in [1.82, 2.24) is 0 Å². The Labute approximate surface area is 96.0 Å². The van der Waals surface area contributed by atoms with Crippen LogP contribution in [0.1, 0.15) is 35.2 Å². The van der Waals surface area contributed by atoms with Crippen molar-refractivity contribution in [2.24, 2.45) is 0 Å². The number of benzene rings is 1. The van der Waals surface area contributed by atoms with Crippen molar-refractivity contribution in [3.63, 3.8) is 0 Å². The molecule has 0 aliphatic heterocycles. The van der Waals surface area contributed by atoms with Crippen LogP contribution in [-0.2, 0) is 4.79 Å². The molecule has 1 aromatic carbocycles. The second kappa shape index (κ2) is 6.72. The van der Waals surface area contributed by atoms with E-state index in [9.17, 15) is 9.59 Å². The van der Waals surface area contributed by atoms with E-state index in [1.165, 1.54) is 0 Å². The molecule has 2 nitrogen and oxygen atoms in total. The Morgan fingerprint density at radius 1 is 1.31 bits per heavy atom. The average molecular weight is 216 g/mol. The van der Waals surface area contributed by atoms with Crippen LogP contribution in [0.4, 0.5) is 0 Å². The molecule has 0 spiro atoms. The van der Waals surface area contributed by atoms with Crippen molar-refractivity contribution in [2.75, 3.05) is 0 Å². The Balaban J connectivity index is 2.49. The summed E-state index contributed by atoms with van der Waals surface area (Å²) in [4.78, 5) is 21.7. The van der Waals surface area contributed by atoms with Crippen LogP contribution in [0.5, 0.6) is 0 Å². The molecule has 0 radical (unpaired) electrons.